The van der Waals surface area contributed by atoms with Gasteiger partial charge in [-0.05, 0) is 12.8 Å². The first kappa shape index (κ1) is 17.1. The van der Waals surface area contributed by atoms with Crippen LogP contribution < -0.4 is 5.32 Å². The molecule has 2 unspecified atom stereocenters. The Balaban J connectivity index is 2.23. The van der Waals surface area contributed by atoms with E-state index in [0.717, 1.165) is 10.6 Å². The van der Waals surface area contributed by atoms with Crippen molar-refractivity contribution >= 4 is 23.2 Å². The first-order valence-electron chi connectivity index (χ1n) is 7.50. The van der Waals surface area contributed by atoms with E-state index in [1.165, 1.54) is 11.3 Å². The Bertz CT molecular complexity index is 697. The molecular formula is C17H20N2O3S. The van der Waals surface area contributed by atoms with E-state index in [9.17, 15) is 14.7 Å². The number of amides is 1. The topological polar surface area (TPSA) is 79.3 Å². The molecule has 0 radical (unpaired) electrons. The Hall–Kier alpha value is -2.21. The van der Waals surface area contributed by atoms with Gasteiger partial charge in [0.25, 0.3) is 5.91 Å². The van der Waals surface area contributed by atoms with Crippen LogP contribution in [0.3, 0.4) is 0 Å². The number of nitrogens with zero attached hydrogens (tertiary/aromatic N) is 1. The molecule has 23 heavy (non-hydrogen) atoms. The molecule has 2 rings (SSSR count). The molecule has 1 heterocycles. The van der Waals surface area contributed by atoms with Crippen LogP contribution in [0, 0.1) is 12.8 Å². The fourth-order valence-electron chi connectivity index (χ4n) is 2.20. The molecule has 2 atom stereocenters. The van der Waals surface area contributed by atoms with Crippen molar-refractivity contribution in [2.45, 2.75) is 33.2 Å². The zero-order valence-electron chi connectivity index (χ0n) is 13.4. The molecule has 0 saturated carbocycles. The molecule has 0 bridgehead atoms. The largest absolute Gasteiger partial charge is 0.480 e. The average Bonchev–Trinajstić information content (AvgIpc) is 2.94. The zero-order chi connectivity index (χ0) is 17.0. The van der Waals surface area contributed by atoms with Gasteiger partial charge in [-0.25, -0.2) is 9.78 Å². The molecular weight excluding hydrogens is 312 g/mol. The van der Waals surface area contributed by atoms with Gasteiger partial charge in [-0.1, -0.05) is 50.6 Å². The van der Waals surface area contributed by atoms with Gasteiger partial charge >= 0.3 is 5.97 Å². The lowest BCUT2D eigenvalue weighted by atomic mass is 9.99. The van der Waals surface area contributed by atoms with Gasteiger partial charge in [0.1, 0.15) is 15.9 Å². The smallest absolute Gasteiger partial charge is 0.326 e. The van der Waals surface area contributed by atoms with Crippen molar-refractivity contribution in [1.82, 2.24) is 10.3 Å². The molecule has 6 heteroatoms. The van der Waals surface area contributed by atoms with Crippen molar-refractivity contribution in [2.75, 3.05) is 0 Å². The number of aryl methyl sites for hydroxylation is 1. The quantitative estimate of drug-likeness (QED) is 0.850. The van der Waals surface area contributed by atoms with Crippen molar-refractivity contribution in [3.05, 3.63) is 40.9 Å². The standard InChI is InChI=1S/C17H20N2O3S/c1-4-10(2)13(17(21)22)19-15(20)14-11(3)18-16(23-14)12-8-6-5-7-9-12/h5-10,13H,4H2,1-3H3,(H,19,20)(H,21,22). The fourth-order valence-corrected chi connectivity index (χ4v) is 3.18. The highest BCUT2D eigenvalue weighted by Gasteiger charge is 2.27. The van der Waals surface area contributed by atoms with Gasteiger partial charge < -0.3 is 10.4 Å². The lowest BCUT2D eigenvalue weighted by Gasteiger charge is -2.19. The highest BCUT2D eigenvalue weighted by molar-refractivity contribution is 7.17. The lowest BCUT2D eigenvalue weighted by molar-refractivity contribution is -0.140. The van der Waals surface area contributed by atoms with Crippen molar-refractivity contribution in [3.8, 4) is 10.6 Å². The molecule has 122 valence electrons. The third-order valence-corrected chi connectivity index (χ3v) is 4.99. The third-order valence-electron chi connectivity index (χ3n) is 3.79. The number of hydrogen-bond acceptors (Lipinski definition) is 4. The van der Waals surface area contributed by atoms with Crippen LogP contribution >= 0.6 is 11.3 Å². The van der Waals surface area contributed by atoms with Crippen molar-refractivity contribution < 1.29 is 14.7 Å². The SMILES string of the molecule is CCC(C)C(NC(=O)c1sc(-c2ccccc2)nc1C)C(=O)O. The van der Waals surface area contributed by atoms with Gasteiger partial charge in [0.2, 0.25) is 0 Å². The van der Waals surface area contributed by atoms with E-state index in [4.69, 9.17) is 0 Å². The van der Waals surface area contributed by atoms with E-state index in [-0.39, 0.29) is 11.8 Å². The Labute approximate surface area is 139 Å². The summed E-state index contributed by atoms with van der Waals surface area (Å²) >= 11 is 1.28. The molecule has 1 aromatic carbocycles. The van der Waals surface area contributed by atoms with Gasteiger partial charge in [0, 0.05) is 5.56 Å². The summed E-state index contributed by atoms with van der Waals surface area (Å²) in [5.74, 6) is -1.54. The maximum absolute atomic E-state index is 12.4. The van der Waals surface area contributed by atoms with Gasteiger partial charge in [-0.3, -0.25) is 4.79 Å². The average molecular weight is 332 g/mol. The molecule has 0 fully saturated rings. The molecule has 5 nitrogen and oxygen atoms in total. The number of hydrogen-bond donors (Lipinski definition) is 2. The maximum Gasteiger partial charge on any atom is 0.326 e. The number of thiazole rings is 1. The normalized spacial score (nSPS) is 13.3. The first-order valence-corrected chi connectivity index (χ1v) is 8.32. The number of carbonyl (C=O) groups excluding carboxylic acids is 1. The van der Waals surface area contributed by atoms with Crippen LogP contribution in [-0.2, 0) is 4.79 Å². The minimum Gasteiger partial charge on any atom is -0.480 e. The number of carboxylic acids is 1. The number of aliphatic carboxylic acids is 1. The summed E-state index contributed by atoms with van der Waals surface area (Å²) < 4.78 is 0. The van der Waals surface area contributed by atoms with Gasteiger partial charge in [0.05, 0.1) is 5.69 Å². The summed E-state index contributed by atoms with van der Waals surface area (Å²) in [5.41, 5.74) is 1.55. The fraction of sp³-hybridized carbons (Fsp3) is 0.353. The minimum atomic E-state index is -1.02. The summed E-state index contributed by atoms with van der Waals surface area (Å²) in [5, 5.41) is 12.7. The number of rotatable bonds is 6. The number of carbonyl (C=O) groups is 2. The number of benzene rings is 1. The minimum absolute atomic E-state index is 0.140. The molecule has 1 amide bonds. The molecule has 0 aliphatic heterocycles. The van der Waals surface area contributed by atoms with E-state index in [0.29, 0.717) is 17.0 Å². The van der Waals surface area contributed by atoms with E-state index in [1.54, 1.807) is 6.92 Å². The van der Waals surface area contributed by atoms with Gasteiger partial charge in [-0.2, -0.15) is 0 Å². The summed E-state index contributed by atoms with van der Waals surface area (Å²) in [6.07, 6.45) is 0.675. The molecule has 0 aliphatic carbocycles. The van der Waals surface area contributed by atoms with Gasteiger partial charge in [0.15, 0.2) is 0 Å². The Morgan fingerprint density at radius 1 is 1.30 bits per heavy atom. The van der Waals surface area contributed by atoms with Crippen LogP contribution in [-0.4, -0.2) is 28.0 Å². The Kier molecular flexibility index (Phi) is 5.50. The summed E-state index contributed by atoms with van der Waals surface area (Å²) in [6, 6.07) is 8.71. The zero-order valence-corrected chi connectivity index (χ0v) is 14.2. The molecule has 0 spiro atoms. The van der Waals surface area contributed by atoms with Crippen LogP contribution in [0.5, 0.6) is 0 Å². The third kappa shape index (κ3) is 3.96. The van der Waals surface area contributed by atoms with E-state index < -0.39 is 12.0 Å². The van der Waals surface area contributed by atoms with Crippen LogP contribution in [0.1, 0.15) is 35.6 Å². The van der Waals surface area contributed by atoms with Crippen LogP contribution in [0.2, 0.25) is 0 Å². The second kappa shape index (κ2) is 7.37. The molecule has 2 aromatic rings. The lowest BCUT2D eigenvalue weighted by Crippen LogP contribution is -2.44. The van der Waals surface area contributed by atoms with E-state index >= 15 is 0 Å². The van der Waals surface area contributed by atoms with Gasteiger partial charge in [-0.15, -0.1) is 11.3 Å². The molecule has 0 saturated heterocycles. The maximum atomic E-state index is 12.4. The second-order valence-electron chi connectivity index (χ2n) is 5.47. The first-order chi connectivity index (χ1) is 10.9. The predicted octanol–water partition coefficient (Wildman–Crippen LogP) is 3.35. The van der Waals surface area contributed by atoms with Crippen molar-refractivity contribution in [2.24, 2.45) is 5.92 Å². The highest BCUT2D eigenvalue weighted by Crippen LogP contribution is 2.27. The molecule has 2 N–H and O–H groups in total. The van der Waals surface area contributed by atoms with Crippen LogP contribution in [0.25, 0.3) is 10.6 Å². The monoisotopic (exact) mass is 332 g/mol. The van der Waals surface area contributed by atoms with Crippen molar-refractivity contribution in [1.29, 1.82) is 0 Å². The van der Waals surface area contributed by atoms with Crippen LogP contribution in [0.15, 0.2) is 30.3 Å². The molecule has 1 aromatic heterocycles. The Morgan fingerprint density at radius 3 is 2.52 bits per heavy atom. The number of carboxylic acid groups (broad SMARTS) is 1. The highest BCUT2D eigenvalue weighted by atomic mass is 32.1. The number of nitrogens with one attached hydrogen (secondary N) is 1. The predicted molar refractivity (Wildman–Crippen MR) is 90.6 cm³/mol. The second-order valence-corrected chi connectivity index (χ2v) is 6.47. The number of aromatic nitrogens is 1. The Morgan fingerprint density at radius 2 is 1.96 bits per heavy atom. The van der Waals surface area contributed by atoms with E-state index in [2.05, 4.69) is 10.3 Å². The summed E-state index contributed by atoms with van der Waals surface area (Å²) in [6.45, 7) is 5.48. The van der Waals surface area contributed by atoms with E-state index in [1.807, 2.05) is 44.2 Å². The summed E-state index contributed by atoms with van der Waals surface area (Å²) in [7, 11) is 0. The summed E-state index contributed by atoms with van der Waals surface area (Å²) in [4.78, 5) is 28.7. The van der Waals surface area contributed by atoms with Crippen molar-refractivity contribution in [3.63, 3.8) is 0 Å². The molecule has 0 aliphatic rings. The van der Waals surface area contributed by atoms with Crippen LogP contribution in [0.4, 0.5) is 0 Å².